The molecule has 2 unspecified atom stereocenters. The van der Waals surface area contributed by atoms with Crippen LogP contribution in [0.5, 0.6) is 0 Å². The molecule has 0 aromatic heterocycles. The van der Waals surface area contributed by atoms with Crippen molar-refractivity contribution in [2.45, 2.75) is 38.9 Å². The number of hydrogen-bond acceptors (Lipinski definition) is 4. The predicted octanol–water partition coefficient (Wildman–Crippen LogP) is 2.00. The normalized spacial score (nSPS) is 15.4. The summed E-state index contributed by atoms with van der Waals surface area (Å²) in [5.74, 6) is -1.08. The molecule has 16 heavy (non-hydrogen) atoms. The van der Waals surface area contributed by atoms with Gasteiger partial charge in [-0.25, -0.2) is 9.59 Å². The monoisotopic (exact) mass is 226 g/mol. The summed E-state index contributed by atoms with van der Waals surface area (Å²) in [5, 5.41) is 0. The van der Waals surface area contributed by atoms with Gasteiger partial charge >= 0.3 is 11.9 Å². The summed E-state index contributed by atoms with van der Waals surface area (Å²) in [6, 6.07) is 0. The molecule has 0 radical (unpaired) electrons. The highest BCUT2D eigenvalue weighted by atomic mass is 16.6. The Morgan fingerprint density at radius 1 is 1.31 bits per heavy atom. The molecule has 0 aliphatic carbocycles. The minimum absolute atomic E-state index is 0.526. The van der Waals surface area contributed by atoms with Gasteiger partial charge in [0.1, 0.15) is 11.7 Å². The maximum atomic E-state index is 11.1. The van der Waals surface area contributed by atoms with Gasteiger partial charge in [-0.15, -0.1) is 0 Å². The van der Waals surface area contributed by atoms with E-state index < -0.39 is 23.6 Å². The zero-order valence-electron chi connectivity index (χ0n) is 9.99. The van der Waals surface area contributed by atoms with Crippen molar-refractivity contribution in [3.8, 4) is 0 Å². The molecule has 0 aliphatic rings. The van der Waals surface area contributed by atoms with Gasteiger partial charge in [-0.3, -0.25) is 0 Å². The van der Waals surface area contributed by atoms with Crippen molar-refractivity contribution in [2.75, 3.05) is 0 Å². The maximum absolute atomic E-state index is 11.1. The summed E-state index contributed by atoms with van der Waals surface area (Å²) in [5.41, 5.74) is -0.857. The second-order valence-corrected chi connectivity index (χ2v) is 3.57. The van der Waals surface area contributed by atoms with Crippen molar-refractivity contribution in [1.82, 2.24) is 0 Å². The molecule has 0 rings (SSSR count). The smallest absolute Gasteiger partial charge is 0.330 e. The number of esters is 2. The van der Waals surface area contributed by atoms with E-state index in [-0.39, 0.29) is 0 Å². The van der Waals surface area contributed by atoms with E-state index in [1.807, 2.05) is 6.92 Å². The number of carbonyl (C=O) groups excluding carboxylic acids is 2. The SMILES string of the molecule is C=CC(=O)OC(C)C(C)(CC)OC(=O)C=C. The summed E-state index contributed by atoms with van der Waals surface area (Å²) in [7, 11) is 0. The van der Waals surface area contributed by atoms with Gasteiger partial charge in [-0.05, 0) is 20.3 Å². The van der Waals surface area contributed by atoms with Crippen molar-refractivity contribution < 1.29 is 19.1 Å². The van der Waals surface area contributed by atoms with E-state index in [0.717, 1.165) is 12.2 Å². The molecule has 0 spiro atoms. The Morgan fingerprint density at radius 2 is 1.81 bits per heavy atom. The molecule has 2 atom stereocenters. The Balaban J connectivity index is 4.66. The van der Waals surface area contributed by atoms with Gasteiger partial charge in [0, 0.05) is 12.2 Å². The average Bonchev–Trinajstić information content (AvgIpc) is 2.28. The van der Waals surface area contributed by atoms with Crippen LogP contribution >= 0.6 is 0 Å². The summed E-state index contributed by atoms with van der Waals surface area (Å²) < 4.78 is 10.2. The average molecular weight is 226 g/mol. The molecule has 0 N–H and O–H groups in total. The third-order valence-electron chi connectivity index (χ3n) is 2.52. The van der Waals surface area contributed by atoms with Crippen LogP contribution in [0, 0.1) is 0 Å². The van der Waals surface area contributed by atoms with Gasteiger partial charge in [0.05, 0.1) is 0 Å². The number of hydrogen-bond donors (Lipinski definition) is 0. The Morgan fingerprint density at radius 3 is 2.19 bits per heavy atom. The molecular weight excluding hydrogens is 208 g/mol. The second kappa shape index (κ2) is 6.10. The van der Waals surface area contributed by atoms with Crippen molar-refractivity contribution in [3.05, 3.63) is 25.3 Å². The van der Waals surface area contributed by atoms with Gasteiger partial charge in [0.15, 0.2) is 0 Å². The standard InChI is InChI=1S/C12H18O4/c1-6-10(13)15-9(4)12(5,8-3)16-11(14)7-2/h6-7,9H,1-2,8H2,3-5H3. The lowest BCUT2D eigenvalue weighted by Crippen LogP contribution is -2.43. The first-order valence-electron chi connectivity index (χ1n) is 5.08. The van der Waals surface area contributed by atoms with Crippen molar-refractivity contribution in [1.29, 1.82) is 0 Å². The molecule has 0 amide bonds. The van der Waals surface area contributed by atoms with E-state index >= 15 is 0 Å². The molecular formula is C12H18O4. The highest BCUT2D eigenvalue weighted by molar-refractivity contribution is 5.82. The summed E-state index contributed by atoms with van der Waals surface area (Å²) in [6.07, 6.45) is 2.13. The van der Waals surface area contributed by atoms with Crippen LogP contribution in [-0.4, -0.2) is 23.6 Å². The van der Waals surface area contributed by atoms with Gasteiger partial charge < -0.3 is 9.47 Å². The zero-order chi connectivity index (χ0) is 12.8. The summed E-state index contributed by atoms with van der Waals surface area (Å²) in [6.45, 7) is 11.8. The van der Waals surface area contributed by atoms with Crippen LogP contribution in [0.1, 0.15) is 27.2 Å². The van der Waals surface area contributed by atoms with Crippen molar-refractivity contribution >= 4 is 11.9 Å². The quantitative estimate of drug-likeness (QED) is 0.513. The molecule has 0 aromatic rings. The molecule has 4 heteroatoms. The molecule has 0 heterocycles. The van der Waals surface area contributed by atoms with E-state index in [4.69, 9.17) is 9.47 Å². The summed E-state index contributed by atoms with van der Waals surface area (Å²) in [4.78, 5) is 22.2. The number of rotatable bonds is 6. The molecule has 0 saturated carbocycles. The zero-order valence-corrected chi connectivity index (χ0v) is 9.99. The Hall–Kier alpha value is -1.58. The minimum atomic E-state index is -0.857. The Labute approximate surface area is 95.9 Å². The van der Waals surface area contributed by atoms with Gasteiger partial charge in [-0.1, -0.05) is 20.1 Å². The van der Waals surface area contributed by atoms with Crippen LogP contribution in [0.15, 0.2) is 25.3 Å². The molecule has 0 aliphatic heterocycles. The van der Waals surface area contributed by atoms with Gasteiger partial charge in [0.2, 0.25) is 0 Å². The lowest BCUT2D eigenvalue weighted by Gasteiger charge is -2.33. The number of carbonyl (C=O) groups is 2. The van der Waals surface area contributed by atoms with Crippen LogP contribution in [0.3, 0.4) is 0 Å². The molecule has 90 valence electrons. The first kappa shape index (κ1) is 14.4. The van der Waals surface area contributed by atoms with Crippen LogP contribution in [-0.2, 0) is 19.1 Å². The van der Waals surface area contributed by atoms with Crippen LogP contribution in [0.25, 0.3) is 0 Å². The van der Waals surface area contributed by atoms with E-state index in [9.17, 15) is 9.59 Å². The van der Waals surface area contributed by atoms with E-state index in [2.05, 4.69) is 13.2 Å². The predicted molar refractivity (Wildman–Crippen MR) is 60.7 cm³/mol. The third kappa shape index (κ3) is 3.88. The Bertz CT molecular complexity index is 295. The molecule has 4 nitrogen and oxygen atoms in total. The Kier molecular flexibility index (Phi) is 5.50. The lowest BCUT2D eigenvalue weighted by molar-refractivity contribution is -0.175. The third-order valence-corrected chi connectivity index (χ3v) is 2.52. The lowest BCUT2D eigenvalue weighted by atomic mass is 9.96. The van der Waals surface area contributed by atoms with Gasteiger partial charge in [-0.2, -0.15) is 0 Å². The first-order valence-corrected chi connectivity index (χ1v) is 5.08. The van der Waals surface area contributed by atoms with Crippen LogP contribution < -0.4 is 0 Å². The number of ether oxygens (including phenoxy) is 2. The second-order valence-electron chi connectivity index (χ2n) is 3.57. The van der Waals surface area contributed by atoms with Crippen molar-refractivity contribution in [2.24, 2.45) is 0 Å². The fraction of sp³-hybridized carbons (Fsp3) is 0.500. The van der Waals surface area contributed by atoms with Gasteiger partial charge in [0.25, 0.3) is 0 Å². The highest BCUT2D eigenvalue weighted by Gasteiger charge is 2.35. The van der Waals surface area contributed by atoms with Crippen LogP contribution in [0.4, 0.5) is 0 Å². The van der Waals surface area contributed by atoms with Crippen LogP contribution in [0.2, 0.25) is 0 Å². The molecule has 0 aromatic carbocycles. The fourth-order valence-electron chi connectivity index (χ4n) is 1.06. The molecule has 0 fully saturated rings. The fourth-order valence-corrected chi connectivity index (χ4v) is 1.06. The minimum Gasteiger partial charge on any atom is -0.455 e. The molecule has 0 saturated heterocycles. The molecule has 0 bridgehead atoms. The maximum Gasteiger partial charge on any atom is 0.330 e. The van der Waals surface area contributed by atoms with E-state index in [1.165, 1.54) is 0 Å². The van der Waals surface area contributed by atoms with E-state index in [1.54, 1.807) is 13.8 Å². The van der Waals surface area contributed by atoms with E-state index in [0.29, 0.717) is 6.42 Å². The largest absolute Gasteiger partial charge is 0.455 e. The van der Waals surface area contributed by atoms with Crippen molar-refractivity contribution in [3.63, 3.8) is 0 Å². The topological polar surface area (TPSA) is 52.6 Å². The summed E-state index contributed by atoms with van der Waals surface area (Å²) >= 11 is 0. The first-order chi connectivity index (χ1) is 7.39. The highest BCUT2D eigenvalue weighted by Crippen LogP contribution is 2.23.